The van der Waals surface area contributed by atoms with Crippen LogP contribution in [-0.4, -0.2) is 60.8 Å². The van der Waals surface area contributed by atoms with Gasteiger partial charge in [-0.1, -0.05) is 105 Å². The van der Waals surface area contributed by atoms with Crippen molar-refractivity contribution in [3.63, 3.8) is 0 Å². The van der Waals surface area contributed by atoms with E-state index in [1.54, 1.807) is 0 Å². The van der Waals surface area contributed by atoms with Crippen molar-refractivity contribution in [1.29, 1.82) is 0 Å². The Morgan fingerprint density at radius 3 is 0.952 bits per heavy atom. The zero-order chi connectivity index (χ0) is 31.8. The highest BCUT2D eigenvalue weighted by Gasteiger charge is 2.21. The van der Waals surface area contributed by atoms with Crippen molar-refractivity contribution in [2.75, 3.05) is 26.4 Å². The minimum absolute atomic E-state index is 0.0231. The zero-order valence-corrected chi connectivity index (χ0v) is 28.7. The first-order valence-corrected chi connectivity index (χ1v) is 17.3. The number of thiol groups is 2. The van der Waals surface area contributed by atoms with Crippen molar-refractivity contribution >= 4 is 49.1 Å². The largest absolute Gasteiger partial charge is 0.466 e. The number of hydrogen-bond donors (Lipinski definition) is 2. The fourth-order valence-electron chi connectivity index (χ4n) is 3.63. The molecule has 42 heavy (non-hydrogen) atoms. The van der Waals surface area contributed by atoms with Crippen molar-refractivity contribution in [2.45, 2.75) is 154 Å². The minimum Gasteiger partial charge on any atom is -0.466 e. The van der Waals surface area contributed by atoms with E-state index in [4.69, 9.17) is 18.9 Å². The number of carbonyl (C=O) groups is 4. The third kappa shape index (κ3) is 30.1. The van der Waals surface area contributed by atoms with Crippen LogP contribution in [-0.2, 0) is 38.1 Å². The molecule has 2 unspecified atom stereocenters. The molecule has 0 amide bonds. The Labute approximate surface area is 266 Å². The van der Waals surface area contributed by atoms with Crippen LogP contribution < -0.4 is 0 Å². The van der Waals surface area contributed by atoms with Gasteiger partial charge < -0.3 is 18.9 Å². The molecule has 0 aliphatic heterocycles. The summed E-state index contributed by atoms with van der Waals surface area (Å²) >= 11 is 8.22. The summed E-state index contributed by atoms with van der Waals surface area (Å²) in [6.07, 6.45) is 16.8. The maximum absolute atomic E-state index is 11.6. The molecule has 0 spiro atoms. The summed E-state index contributed by atoms with van der Waals surface area (Å²) in [6, 6.07) is 0. The maximum atomic E-state index is 11.6. The first kappa shape index (κ1) is 42.7. The van der Waals surface area contributed by atoms with Gasteiger partial charge in [0.05, 0.1) is 39.3 Å². The standard InChI is InChI=1S/2C16H30O4S/c2*1-3-5-7-9-11-19-15(17)13-14(21)16(18)20-12-10-8-6-4-2/h2*14,21H,3-13H2,1-2H3. The molecule has 0 fully saturated rings. The topological polar surface area (TPSA) is 105 Å². The summed E-state index contributed by atoms with van der Waals surface area (Å²) in [6.45, 7) is 10.2. The fraction of sp³-hybridized carbons (Fsp3) is 0.875. The molecular weight excluding hydrogens is 576 g/mol. The molecule has 0 aromatic rings. The van der Waals surface area contributed by atoms with Crippen LogP contribution in [0.2, 0.25) is 0 Å². The fourth-order valence-corrected chi connectivity index (χ4v) is 4.07. The van der Waals surface area contributed by atoms with Crippen LogP contribution in [0.1, 0.15) is 143 Å². The third-order valence-corrected chi connectivity index (χ3v) is 7.06. The van der Waals surface area contributed by atoms with Crippen LogP contribution in [0, 0.1) is 0 Å². The van der Waals surface area contributed by atoms with E-state index in [0.717, 1.165) is 103 Å². The van der Waals surface area contributed by atoms with E-state index >= 15 is 0 Å². The number of rotatable bonds is 26. The number of unbranched alkanes of at least 4 members (excludes halogenated alkanes) is 12. The Morgan fingerprint density at radius 1 is 0.429 bits per heavy atom. The quantitative estimate of drug-likeness (QED) is 0.0428. The zero-order valence-electron chi connectivity index (χ0n) is 26.9. The first-order valence-electron chi connectivity index (χ1n) is 16.2. The van der Waals surface area contributed by atoms with Gasteiger partial charge >= 0.3 is 23.9 Å². The number of carbonyl (C=O) groups excluding carboxylic acids is 4. The van der Waals surface area contributed by atoms with Crippen LogP contribution in [0.15, 0.2) is 0 Å². The monoisotopic (exact) mass is 636 g/mol. The van der Waals surface area contributed by atoms with E-state index in [2.05, 4.69) is 53.0 Å². The lowest BCUT2D eigenvalue weighted by molar-refractivity contribution is -0.149. The Morgan fingerprint density at radius 2 is 0.690 bits per heavy atom. The highest BCUT2D eigenvalue weighted by molar-refractivity contribution is 7.82. The molecule has 0 radical (unpaired) electrons. The van der Waals surface area contributed by atoms with E-state index < -0.39 is 22.4 Å². The molecule has 0 aliphatic carbocycles. The smallest absolute Gasteiger partial charge is 0.319 e. The summed E-state index contributed by atoms with van der Waals surface area (Å²) in [5.74, 6) is -1.63. The second kappa shape index (κ2) is 32.5. The molecule has 0 bridgehead atoms. The van der Waals surface area contributed by atoms with Gasteiger partial charge in [0, 0.05) is 0 Å². The molecule has 0 saturated heterocycles. The van der Waals surface area contributed by atoms with Gasteiger partial charge in [-0.2, -0.15) is 25.3 Å². The van der Waals surface area contributed by atoms with E-state index in [1.807, 2.05) is 0 Å². The number of ether oxygens (including phenoxy) is 4. The summed E-state index contributed by atoms with van der Waals surface area (Å²) < 4.78 is 20.3. The van der Waals surface area contributed by atoms with Crippen LogP contribution in [0.4, 0.5) is 0 Å². The number of hydrogen-bond acceptors (Lipinski definition) is 10. The van der Waals surface area contributed by atoms with Gasteiger partial charge in [0.15, 0.2) is 0 Å². The Hall–Kier alpha value is -1.42. The lowest BCUT2D eigenvalue weighted by Crippen LogP contribution is -2.23. The van der Waals surface area contributed by atoms with E-state index in [1.165, 1.54) is 0 Å². The molecule has 0 aromatic heterocycles. The molecule has 10 heteroatoms. The van der Waals surface area contributed by atoms with Crippen molar-refractivity contribution in [3.05, 3.63) is 0 Å². The van der Waals surface area contributed by atoms with Gasteiger partial charge in [-0.25, -0.2) is 0 Å². The van der Waals surface area contributed by atoms with Gasteiger partial charge in [-0.05, 0) is 25.7 Å². The highest BCUT2D eigenvalue weighted by Crippen LogP contribution is 2.10. The van der Waals surface area contributed by atoms with Gasteiger partial charge in [-0.15, -0.1) is 0 Å². The van der Waals surface area contributed by atoms with Crippen LogP contribution in [0.5, 0.6) is 0 Å². The van der Waals surface area contributed by atoms with Gasteiger partial charge in [0.2, 0.25) is 0 Å². The normalized spacial score (nSPS) is 12.0. The van der Waals surface area contributed by atoms with Crippen molar-refractivity contribution in [1.82, 2.24) is 0 Å². The summed E-state index contributed by atoms with van der Waals surface area (Å²) in [5.41, 5.74) is 0. The van der Waals surface area contributed by atoms with E-state index in [0.29, 0.717) is 26.4 Å². The molecule has 0 aromatic carbocycles. The Bertz CT molecular complexity index is 619. The van der Waals surface area contributed by atoms with Crippen LogP contribution in [0.3, 0.4) is 0 Å². The predicted octanol–water partition coefficient (Wildman–Crippen LogP) is 7.84. The Balaban J connectivity index is 0. The lowest BCUT2D eigenvalue weighted by Gasteiger charge is -2.10. The van der Waals surface area contributed by atoms with Crippen molar-refractivity contribution in [2.24, 2.45) is 0 Å². The number of esters is 4. The average molecular weight is 637 g/mol. The van der Waals surface area contributed by atoms with Gasteiger partial charge in [0.1, 0.15) is 10.5 Å². The molecule has 0 N–H and O–H groups in total. The first-order chi connectivity index (χ1) is 20.2. The second-order valence-corrected chi connectivity index (χ2v) is 11.7. The second-order valence-electron chi connectivity index (χ2n) is 10.5. The molecule has 0 heterocycles. The van der Waals surface area contributed by atoms with Crippen LogP contribution >= 0.6 is 25.3 Å². The van der Waals surface area contributed by atoms with Gasteiger partial charge in [0.25, 0.3) is 0 Å². The summed E-state index contributed by atoms with van der Waals surface area (Å²) in [4.78, 5) is 46.3. The average Bonchev–Trinajstić information content (AvgIpc) is 2.96. The molecule has 2 atom stereocenters. The SMILES string of the molecule is CCCCCCOC(=O)CC(S)C(=O)OCCCCCC.CCCCCCOC(=O)CC(S)C(=O)OCCCCCC. The van der Waals surface area contributed by atoms with Gasteiger partial charge in [-0.3, -0.25) is 19.2 Å². The van der Waals surface area contributed by atoms with Crippen LogP contribution in [0.25, 0.3) is 0 Å². The van der Waals surface area contributed by atoms with Crippen molar-refractivity contribution in [3.8, 4) is 0 Å². The summed E-state index contributed by atoms with van der Waals surface area (Å²) in [5, 5.41) is -1.45. The molecule has 0 saturated carbocycles. The molecule has 248 valence electrons. The lowest BCUT2D eigenvalue weighted by atomic mass is 10.2. The summed E-state index contributed by atoms with van der Waals surface area (Å²) in [7, 11) is 0. The molecule has 8 nitrogen and oxygen atoms in total. The molecular formula is C32H60O8S2. The Kier molecular flexibility index (Phi) is 33.0. The van der Waals surface area contributed by atoms with E-state index in [-0.39, 0.29) is 24.8 Å². The highest BCUT2D eigenvalue weighted by atomic mass is 32.1. The van der Waals surface area contributed by atoms with E-state index in [9.17, 15) is 19.2 Å². The molecule has 0 aliphatic rings. The minimum atomic E-state index is -0.723. The maximum Gasteiger partial charge on any atom is 0.319 e. The predicted molar refractivity (Wildman–Crippen MR) is 175 cm³/mol. The third-order valence-electron chi connectivity index (χ3n) is 6.27. The van der Waals surface area contributed by atoms with Crippen molar-refractivity contribution < 1.29 is 38.1 Å². The molecule has 0 rings (SSSR count).